The Morgan fingerprint density at radius 3 is 2.50 bits per heavy atom. The quantitative estimate of drug-likeness (QED) is 0.760. The largest absolute Gasteiger partial charge is 0.489 e. The van der Waals surface area contributed by atoms with Crippen molar-refractivity contribution in [3.8, 4) is 5.75 Å². The second-order valence-electron chi connectivity index (χ2n) is 4.01. The molecule has 0 saturated carbocycles. The fourth-order valence-electron chi connectivity index (χ4n) is 1.58. The van der Waals surface area contributed by atoms with E-state index in [1.54, 1.807) is 36.4 Å². The van der Waals surface area contributed by atoms with Crippen LogP contribution in [0.25, 0.3) is 0 Å². The van der Waals surface area contributed by atoms with Gasteiger partial charge in [0.25, 0.3) is 0 Å². The van der Waals surface area contributed by atoms with Gasteiger partial charge >= 0.3 is 5.51 Å². The van der Waals surface area contributed by atoms with Gasteiger partial charge in [0.05, 0.1) is 5.69 Å². The minimum absolute atomic E-state index is 0.132. The van der Waals surface area contributed by atoms with Crippen molar-refractivity contribution in [3.63, 3.8) is 0 Å². The van der Waals surface area contributed by atoms with E-state index in [-0.39, 0.29) is 23.3 Å². The lowest BCUT2D eigenvalue weighted by Crippen LogP contribution is -2.00. The Hall–Kier alpha value is -1.82. The summed E-state index contributed by atoms with van der Waals surface area (Å²) >= 11 is -0.147. The summed E-state index contributed by atoms with van der Waals surface area (Å²) in [5, 5.41) is 0. The SMILES string of the molecule is [NH]c1cccc(OCc2cccc(SC(F)(F)F)c2)c1. The van der Waals surface area contributed by atoms with Gasteiger partial charge in [-0.15, -0.1) is 0 Å². The molecule has 0 aliphatic carbocycles. The molecule has 2 rings (SSSR count). The molecule has 0 amide bonds. The second kappa shape index (κ2) is 6.09. The molecule has 0 atom stereocenters. The van der Waals surface area contributed by atoms with E-state index in [2.05, 4.69) is 0 Å². The molecule has 0 saturated heterocycles. The Kier molecular flexibility index (Phi) is 4.44. The van der Waals surface area contributed by atoms with Gasteiger partial charge in [-0.05, 0) is 41.6 Å². The first-order chi connectivity index (χ1) is 9.42. The third-order valence-electron chi connectivity index (χ3n) is 2.37. The van der Waals surface area contributed by atoms with Gasteiger partial charge in [0.15, 0.2) is 0 Å². The summed E-state index contributed by atoms with van der Waals surface area (Å²) in [6.45, 7) is 0.162. The molecule has 0 aliphatic rings. The molecular formula is C14H11F3NOS. The van der Waals surface area contributed by atoms with E-state index < -0.39 is 5.51 Å². The fraction of sp³-hybridized carbons (Fsp3) is 0.143. The van der Waals surface area contributed by atoms with Crippen LogP contribution in [0.2, 0.25) is 0 Å². The first-order valence-electron chi connectivity index (χ1n) is 5.71. The monoisotopic (exact) mass is 298 g/mol. The molecule has 0 aromatic heterocycles. The number of nitrogens with one attached hydrogen (secondary N) is 1. The van der Waals surface area contributed by atoms with Crippen molar-refractivity contribution < 1.29 is 17.9 Å². The third kappa shape index (κ3) is 4.70. The summed E-state index contributed by atoms with van der Waals surface area (Å²) in [4.78, 5) is 0.132. The zero-order valence-electron chi connectivity index (χ0n) is 10.3. The minimum Gasteiger partial charge on any atom is -0.489 e. The Labute approximate surface area is 118 Å². The predicted octanol–water partition coefficient (Wildman–Crippen LogP) is 4.79. The Morgan fingerprint density at radius 2 is 1.80 bits per heavy atom. The normalized spacial score (nSPS) is 11.3. The average molecular weight is 298 g/mol. The third-order valence-corrected chi connectivity index (χ3v) is 3.09. The molecule has 0 unspecified atom stereocenters. The number of rotatable bonds is 4. The van der Waals surface area contributed by atoms with E-state index in [9.17, 15) is 13.2 Å². The van der Waals surface area contributed by atoms with Crippen LogP contribution in [-0.2, 0) is 6.61 Å². The molecule has 20 heavy (non-hydrogen) atoms. The van der Waals surface area contributed by atoms with Gasteiger partial charge < -0.3 is 10.5 Å². The van der Waals surface area contributed by atoms with Crippen LogP contribution in [0, 0.1) is 0 Å². The first kappa shape index (κ1) is 14.6. The van der Waals surface area contributed by atoms with Crippen molar-refractivity contribution in [1.82, 2.24) is 5.73 Å². The highest BCUT2D eigenvalue weighted by Gasteiger charge is 2.29. The van der Waals surface area contributed by atoms with Crippen molar-refractivity contribution in [2.45, 2.75) is 17.0 Å². The summed E-state index contributed by atoms with van der Waals surface area (Å²) in [6.07, 6.45) is 0. The molecule has 0 heterocycles. The van der Waals surface area contributed by atoms with Crippen LogP contribution in [0.5, 0.6) is 5.75 Å². The molecule has 105 valence electrons. The van der Waals surface area contributed by atoms with E-state index in [1.165, 1.54) is 12.1 Å². The average Bonchev–Trinajstić information content (AvgIpc) is 2.35. The number of hydrogen-bond acceptors (Lipinski definition) is 2. The molecule has 2 aromatic carbocycles. The summed E-state index contributed by atoms with van der Waals surface area (Å²) in [7, 11) is 0. The summed E-state index contributed by atoms with van der Waals surface area (Å²) < 4.78 is 42.3. The molecule has 6 heteroatoms. The zero-order chi connectivity index (χ0) is 14.6. The maximum Gasteiger partial charge on any atom is 0.446 e. The fourth-order valence-corrected chi connectivity index (χ4v) is 2.21. The van der Waals surface area contributed by atoms with Crippen LogP contribution in [0.4, 0.5) is 18.9 Å². The summed E-state index contributed by atoms with van der Waals surface area (Å²) in [5.74, 6) is 0.520. The van der Waals surface area contributed by atoms with Crippen LogP contribution < -0.4 is 10.5 Å². The highest BCUT2D eigenvalue weighted by atomic mass is 32.2. The van der Waals surface area contributed by atoms with Crippen molar-refractivity contribution in [2.24, 2.45) is 0 Å². The zero-order valence-corrected chi connectivity index (χ0v) is 11.1. The highest BCUT2D eigenvalue weighted by molar-refractivity contribution is 8.00. The van der Waals surface area contributed by atoms with E-state index in [1.807, 2.05) is 0 Å². The van der Waals surface area contributed by atoms with Crippen LogP contribution >= 0.6 is 11.8 Å². The molecule has 2 aromatic rings. The highest BCUT2D eigenvalue weighted by Crippen LogP contribution is 2.37. The van der Waals surface area contributed by atoms with Crippen LogP contribution in [0.15, 0.2) is 53.4 Å². The molecule has 0 bridgehead atoms. The lowest BCUT2D eigenvalue weighted by molar-refractivity contribution is -0.0328. The minimum atomic E-state index is -4.29. The number of benzene rings is 2. The van der Waals surface area contributed by atoms with Gasteiger partial charge in [0.1, 0.15) is 12.4 Å². The van der Waals surface area contributed by atoms with Gasteiger partial charge in [0.2, 0.25) is 0 Å². The Morgan fingerprint density at radius 1 is 1.05 bits per heavy atom. The predicted molar refractivity (Wildman–Crippen MR) is 71.9 cm³/mol. The molecule has 0 fully saturated rings. The lowest BCUT2D eigenvalue weighted by Gasteiger charge is -2.09. The van der Waals surface area contributed by atoms with Crippen LogP contribution in [0.3, 0.4) is 0 Å². The van der Waals surface area contributed by atoms with Gasteiger partial charge in [-0.2, -0.15) is 13.2 Å². The second-order valence-corrected chi connectivity index (χ2v) is 5.15. The van der Waals surface area contributed by atoms with Gasteiger partial charge in [-0.3, -0.25) is 0 Å². The maximum absolute atomic E-state index is 12.3. The van der Waals surface area contributed by atoms with E-state index in [4.69, 9.17) is 10.5 Å². The summed E-state index contributed by atoms with van der Waals surface area (Å²) in [5.41, 5.74) is 4.12. The van der Waals surface area contributed by atoms with E-state index >= 15 is 0 Å². The Bertz CT molecular complexity index is 587. The summed E-state index contributed by atoms with van der Waals surface area (Å²) in [6, 6.07) is 12.7. The van der Waals surface area contributed by atoms with Crippen LogP contribution in [0.1, 0.15) is 5.56 Å². The van der Waals surface area contributed by atoms with Gasteiger partial charge in [-0.1, -0.05) is 18.2 Å². The van der Waals surface area contributed by atoms with Crippen molar-refractivity contribution in [1.29, 1.82) is 0 Å². The number of halogens is 3. The molecular weight excluding hydrogens is 287 g/mol. The van der Waals surface area contributed by atoms with Gasteiger partial charge in [-0.25, -0.2) is 0 Å². The first-order valence-corrected chi connectivity index (χ1v) is 6.53. The standard InChI is InChI=1S/C14H11F3NOS/c15-14(16,17)20-13-6-1-3-10(7-13)9-19-12-5-2-4-11(18)8-12/h1-8,18H,9H2. The maximum atomic E-state index is 12.3. The van der Waals surface area contributed by atoms with E-state index in [0.717, 1.165) is 0 Å². The molecule has 1 radical (unpaired) electrons. The number of thioether (sulfide) groups is 1. The number of ether oxygens (including phenoxy) is 1. The van der Waals surface area contributed by atoms with Gasteiger partial charge in [0, 0.05) is 11.0 Å². The van der Waals surface area contributed by atoms with Crippen LogP contribution in [-0.4, -0.2) is 5.51 Å². The molecule has 1 N–H and O–H groups in total. The van der Waals surface area contributed by atoms with Crippen molar-refractivity contribution in [3.05, 3.63) is 54.1 Å². The molecule has 2 nitrogen and oxygen atoms in total. The topological polar surface area (TPSA) is 33.0 Å². The Balaban J connectivity index is 2.01. The van der Waals surface area contributed by atoms with Crippen molar-refractivity contribution in [2.75, 3.05) is 0 Å². The van der Waals surface area contributed by atoms with E-state index in [0.29, 0.717) is 17.0 Å². The lowest BCUT2D eigenvalue weighted by atomic mass is 10.2. The molecule has 0 spiro atoms. The number of alkyl halides is 3. The number of hydrogen-bond donors (Lipinski definition) is 0. The van der Waals surface area contributed by atoms with Crippen molar-refractivity contribution >= 4 is 17.4 Å². The smallest absolute Gasteiger partial charge is 0.446 e. The molecule has 0 aliphatic heterocycles.